The summed E-state index contributed by atoms with van der Waals surface area (Å²) in [6, 6.07) is 19.0. The first-order valence-corrected chi connectivity index (χ1v) is 10.9. The third-order valence-corrected chi connectivity index (χ3v) is 7.41. The van der Waals surface area contributed by atoms with Gasteiger partial charge in [-0.1, -0.05) is 36.4 Å². The molecule has 2 aromatic heterocycles. The van der Waals surface area contributed by atoms with E-state index in [4.69, 9.17) is 0 Å². The number of benzene rings is 2. The fourth-order valence-corrected chi connectivity index (χ4v) is 5.48. The van der Waals surface area contributed by atoms with Crippen LogP contribution in [0.5, 0.6) is 0 Å². The Bertz CT molecular complexity index is 1260. The van der Waals surface area contributed by atoms with Gasteiger partial charge in [-0.05, 0) is 47.9 Å². The summed E-state index contributed by atoms with van der Waals surface area (Å²) in [6.45, 7) is 0.975. The van der Waals surface area contributed by atoms with Crippen LogP contribution in [0.15, 0.2) is 71.8 Å². The van der Waals surface area contributed by atoms with Gasteiger partial charge < -0.3 is 0 Å². The molecule has 1 aliphatic rings. The van der Waals surface area contributed by atoms with Gasteiger partial charge in [0.2, 0.25) is 10.0 Å². The molecule has 142 valence electrons. The van der Waals surface area contributed by atoms with Crippen molar-refractivity contribution >= 4 is 26.4 Å². The molecule has 0 atom stereocenters. The second kappa shape index (κ2) is 6.68. The van der Waals surface area contributed by atoms with E-state index in [0.717, 1.165) is 35.1 Å². The monoisotopic (exact) mass is 392 g/mol. The summed E-state index contributed by atoms with van der Waals surface area (Å²) in [5.41, 5.74) is 0.823. The van der Waals surface area contributed by atoms with Gasteiger partial charge in [-0.15, -0.1) is 10.2 Å². The lowest BCUT2D eigenvalue weighted by molar-refractivity contribution is 0.312. The Hall–Kier alpha value is -2.77. The number of hydrogen-bond acceptors (Lipinski definition) is 4. The van der Waals surface area contributed by atoms with Crippen LogP contribution in [0.25, 0.3) is 16.4 Å². The Kier molecular flexibility index (Phi) is 4.14. The van der Waals surface area contributed by atoms with Gasteiger partial charge in [0.1, 0.15) is 5.82 Å². The maximum Gasteiger partial charge on any atom is 0.243 e. The molecule has 1 saturated heterocycles. The minimum atomic E-state index is -3.50. The number of rotatable bonds is 3. The van der Waals surface area contributed by atoms with Gasteiger partial charge in [-0.2, -0.15) is 4.31 Å². The smallest absolute Gasteiger partial charge is 0.243 e. The molecule has 4 aromatic rings. The van der Waals surface area contributed by atoms with Crippen LogP contribution in [-0.4, -0.2) is 40.4 Å². The van der Waals surface area contributed by atoms with Crippen LogP contribution in [0.3, 0.4) is 0 Å². The highest BCUT2D eigenvalue weighted by Gasteiger charge is 2.31. The Labute approximate surface area is 163 Å². The van der Waals surface area contributed by atoms with Crippen LogP contribution in [-0.2, 0) is 10.0 Å². The topological polar surface area (TPSA) is 67.6 Å². The zero-order valence-corrected chi connectivity index (χ0v) is 16.1. The predicted octanol–water partition coefficient (Wildman–Crippen LogP) is 3.45. The van der Waals surface area contributed by atoms with Gasteiger partial charge in [-0.25, -0.2) is 8.42 Å². The lowest BCUT2D eigenvalue weighted by Crippen LogP contribution is -2.38. The largest absolute Gasteiger partial charge is 0.286 e. The van der Waals surface area contributed by atoms with E-state index in [9.17, 15) is 8.42 Å². The van der Waals surface area contributed by atoms with Crippen LogP contribution in [0.2, 0.25) is 0 Å². The van der Waals surface area contributed by atoms with E-state index in [0.29, 0.717) is 18.0 Å². The van der Waals surface area contributed by atoms with Gasteiger partial charge in [0, 0.05) is 25.2 Å². The highest BCUT2D eigenvalue weighted by Crippen LogP contribution is 2.30. The fourth-order valence-electron chi connectivity index (χ4n) is 3.97. The van der Waals surface area contributed by atoms with Crippen LogP contribution in [0, 0.1) is 0 Å². The van der Waals surface area contributed by atoms with E-state index in [1.165, 1.54) is 0 Å². The summed E-state index contributed by atoms with van der Waals surface area (Å²) in [5.74, 6) is 1.12. The Morgan fingerprint density at radius 2 is 1.61 bits per heavy atom. The first kappa shape index (κ1) is 17.3. The van der Waals surface area contributed by atoms with Gasteiger partial charge in [0.05, 0.1) is 4.90 Å². The van der Waals surface area contributed by atoms with Crippen LogP contribution in [0.1, 0.15) is 24.6 Å². The van der Waals surface area contributed by atoms with E-state index in [1.807, 2.05) is 59.1 Å². The summed E-state index contributed by atoms with van der Waals surface area (Å²) in [5, 5.41) is 10.5. The summed E-state index contributed by atoms with van der Waals surface area (Å²) in [7, 11) is -3.50. The van der Waals surface area contributed by atoms with E-state index in [-0.39, 0.29) is 5.92 Å². The molecule has 28 heavy (non-hydrogen) atoms. The molecular formula is C21H20N4O2S. The number of fused-ring (bicyclic) bond motifs is 2. The number of piperidine rings is 1. The number of hydrogen-bond donors (Lipinski definition) is 0. The quantitative estimate of drug-likeness (QED) is 0.536. The normalized spacial score (nSPS) is 16.7. The second-order valence-electron chi connectivity index (χ2n) is 7.17. The molecule has 2 aromatic carbocycles. The van der Waals surface area contributed by atoms with Crippen LogP contribution < -0.4 is 0 Å². The molecular weight excluding hydrogens is 372 g/mol. The Balaban J connectivity index is 1.38. The molecule has 0 bridgehead atoms. The Morgan fingerprint density at radius 3 is 2.43 bits per heavy atom. The van der Waals surface area contributed by atoms with Crippen molar-refractivity contribution in [3.63, 3.8) is 0 Å². The molecule has 6 nitrogen and oxygen atoms in total. The van der Waals surface area contributed by atoms with Gasteiger partial charge in [0.25, 0.3) is 0 Å². The van der Waals surface area contributed by atoms with Crippen molar-refractivity contribution in [1.29, 1.82) is 0 Å². The molecule has 0 unspecified atom stereocenters. The Morgan fingerprint density at radius 1 is 0.857 bits per heavy atom. The second-order valence-corrected chi connectivity index (χ2v) is 9.11. The molecule has 0 N–H and O–H groups in total. The minimum absolute atomic E-state index is 0.209. The van der Waals surface area contributed by atoms with Crippen molar-refractivity contribution in [1.82, 2.24) is 18.9 Å². The summed E-state index contributed by atoms with van der Waals surface area (Å²) in [6.07, 6.45) is 3.44. The molecule has 0 aliphatic carbocycles. The van der Waals surface area contributed by atoms with E-state index >= 15 is 0 Å². The van der Waals surface area contributed by atoms with E-state index < -0.39 is 10.0 Å². The third kappa shape index (κ3) is 2.87. The maximum absolute atomic E-state index is 13.1. The molecule has 0 amide bonds. The lowest BCUT2D eigenvalue weighted by Gasteiger charge is -2.30. The summed E-state index contributed by atoms with van der Waals surface area (Å²) in [4.78, 5) is 0.359. The molecule has 0 radical (unpaired) electrons. The number of pyridine rings is 1. The molecule has 7 heteroatoms. The van der Waals surface area contributed by atoms with Crippen LogP contribution >= 0.6 is 0 Å². The molecule has 0 saturated carbocycles. The van der Waals surface area contributed by atoms with Crippen molar-refractivity contribution < 1.29 is 8.42 Å². The van der Waals surface area contributed by atoms with Crippen molar-refractivity contribution in [2.24, 2.45) is 0 Å². The number of aromatic nitrogens is 3. The summed E-state index contributed by atoms with van der Waals surface area (Å²) >= 11 is 0. The fraction of sp³-hybridized carbons (Fsp3) is 0.238. The molecule has 1 aliphatic heterocycles. The minimum Gasteiger partial charge on any atom is -0.286 e. The first-order chi connectivity index (χ1) is 13.6. The standard InChI is InChI=1S/C21H20N4O2S/c26-28(27,19-9-8-16-5-1-2-6-18(16)15-19)24-13-10-17(11-14-24)21-23-22-20-7-3-4-12-25(20)21/h1-9,12,15,17H,10-11,13-14H2. The van der Waals surface area contributed by atoms with E-state index in [2.05, 4.69) is 10.2 Å². The van der Waals surface area contributed by atoms with Gasteiger partial charge in [0.15, 0.2) is 5.65 Å². The lowest BCUT2D eigenvalue weighted by atomic mass is 9.97. The zero-order valence-electron chi connectivity index (χ0n) is 15.3. The first-order valence-electron chi connectivity index (χ1n) is 9.41. The highest BCUT2D eigenvalue weighted by molar-refractivity contribution is 7.89. The molecule has 0 spiro atoms. The van der Waals surface area contributed by atoms with Crippen molar-refractivity contribution in [3.8, 4) is 0 Å². The van der Waals surface area contributed by atoms with Crippen molar-refractivity contribution in [2.45, 2.75) is 23.7 Å². The summed E-state index contributed by atoms with van der Waals surface area (Å²) < 4.78 is 29.9. The third-order valence-electron chi connectivity index (χ3n) is 5.52. The van der Waals surface area contributed by atoms with Crippen LogP contribution in [0.4, 0.5) is 0 Å². The van der Waals surface area contributed by atoms with E-state index in [1.54, 1.807) is 16.4 Å². The zero-order chi connectivity index (χ0) is 19.1. The maximum atomic E-state index is 13.1. The molecule has 1 fully saturated rings. The number of nitrogens with zero attached hydrogens (tertiary/aromatic N) is 4. The highest BCUT2D eigenvalue weighted by atomic mass is 32.2. The predicted molar refractivity (Wildman–Crippen MR) is 108 cm³/mol. The molecule has 3 heterocycles. The van der Waals surface area contributed by atoms with Gasteiger partial charge >= 0.3 is 0 Å². The molecule has 5 rings (SSSR count). The average molecular weight is 392 g/mol. The SMILES string of the molecule is O=S(=O)(c1ccc2ccccc2c1)N1CCC(c2nnc3ccccn23)CC1. The van der Waals surface area contributed by atoms with Crippen molar-refractivity contribution in [2.75, 3.05) is 13.1 Å². The van der Waals surface area contributed by atoms with Gasteiger partial charge in [-0.3, -0.25) is 4.40 Å². The number of sulfonamides is 1. The van der Waals surface area contributed by atoms with Crippen molar-refractivity contribution in [3.05, 3.63) is 72.7 Å². The average Bonchev–Trinajstić information content (AvgIpc) is 3.17.